The number of halogens is 3. The molecule has 23 heavy (non-hydrogen) atoms. The minimum Gasteiger partial charge on any atom is -0.496 e. The lowest BCUT2D eigenvalue weighted by atomic mass is 10.0. The van der Waals surface area contributed by atoms with Crippen LogP contribution in [-0.4, -0.2) is 17.1 Å². The van der Waals surface area contributed by atoms with E-state index in [4.69, 9.17) is 4.74 Å². The van der Waals surface area contributed by atoms with Crippen molar-refractivity contribution in [1.82, 2.24) is 9.97 Å². The molecule has 0 amide bonds. The summed E-state index contributed by atoms with van der Waals surface area (Å²) in [4.78, 5) is 7.13. The number of H-pyrrole nitrogens is 1. The maximum atomic E-state index is 13.1. The van der Waals surface area contributed by atoms with E-state index in [1.807, 2.05) is 12.1 Å². The van der Waals surface area contributed by atoms with Gasteiger partial charge in [0.05, 0.1) is 30.1 Å². The van der Waals surface area contributed by atoms with Crippen LogP contribution in [0.25, 0.3) is 22.6 Å². The number of benzene rings is 2. The van der Waals surface area contributed by atoms with Crippen molar-refractivity contribution in [3.05, 3.63) is 60.3 Å². The quantitative estimate of drug-likeness (QED) is 0.755. The van der Waals surface area contributed by atoms with Crippen LogP contribution in [0.15, 0.2) is 54.7 Å². The van der Waals surface area contributed by atoms with Gasteiger partial charge in [-0.1, -0.05) is 30.3 Å². The summed E-state index contributed by atoms with van der Waals surface area (Å²) in [6, 6.07) is 12.6. The standard InChI is InChI=1S/C17H13F3N2O/c1-23-15-9-5-3-7-12(15)16-21-10-14(22-16)11-6-2-4-8-13(11)17(18,19)20/h2-10H,1H3,(H,21,22). The van der Waals surface area contributed by atoms with Crippen LogP contribution >= 0.6 is 0 Å². The number of aromatic nitrogens is 2. The first kappa shape index (κ1) is 15.1. The fourth-order valence-electron chi connectivity index (χ4n) is 2.40. The van der Waals surface area contributed by atoms with Crippen LogP contribution in [0, 0.1) is 0 Å². The molecule has 0 saturated heterocycles. The Hall–Kier alpha value is -2.76. The predicted octanol–water partition coefficient (Wildman–Crippen LogP) is 4.77. The van der Waals surface area contributed by atoms with Gasteiger partial charge in [-0.05, 0) is 18.2 Å². The summed E-state index contributed by atoms with van der Waals surface area (Å²) in [5, 5.41) is 0. The zero-order valence-corrected chi connectivity index (χ0v) is 12.2. The summed E-state index contributed by atoms with van der Waals surface area (Å²) in [6.45, 7) is 0. The molecule has 0 radical (unpaired) electrons. The molecule has 3 rings (SSSR count). The van der Waals surface area contributed by atoms with Gasteiger partial charge in [0.1, 0.15) is 11.6 Å². The zero-order valence-electron chi connectivity index (χ0n) is 12.2. The predicted molar refractivity (Wildman–Crippen MR) is 81.0 cm³/mol. The number of alkyl halides is 3. The molecule has 1 N–H and O–H groups in total. The summed E-state index contributed by atoms with van der Waals surface area (Å²) < 4.78 is 44.6. The van der Waals surface area contributed by atoms with Crippen LogP contribution in [0.5, 0.6) is 5.75 Å². The lowest BCUT2D eigenvalue weighted by Crippen LogP contribution is -2.06. The second kappa shape index (κ2) is 5.79. The summed E-state index contributed by atoms with van der Waals surface area (Å²) >= 11 is 0. The van der Waals surface area contributed by atoms with Crippen molar-refractivity contribution in [3.63, 3.8) is 0 Å². The Labute approximate surface area is 130 Å². The third kappa shape index (κ3) is 2.92. The first-order valence-electron chi connectivity index (χ1n) is 6.85. The number of hydrogen-bond acceptors (Lipinski definition) is 2. The van der Waals surface area contributed by atoms with Crippen molar-refractivity contribution in [3.8, 4) is 28.4 Å². The number of rotatable bonds is 3. The molecule has 0 bridgehead atoms. The minimum absolute atomic E-state index is 0.0636. The Morgan fingerprint density at radius 1 is 0.957 bits per heavy atom. The summed E-state index contributed by atoms with van der Waals surface area (Å²) in [5.41, 5.74) is 0.355. The molecular weight excluding hydrogens is 305 g/mol. The average molecular weight is 318 g/mol. The van der Waals surface area contributed by atoms with E-state index in [2.05, 4.69) is 9.97 Å². The van der Waals surface area contributed by atoms with Crippen molar-refractivity contribution in [1.29, 1.82) is 0 Å². The third-order valence-corrected chi connectivity index (χ3v) is 3.46. The first-order valence-corrected chi connectivity index (χ1v) is 6.85. The number of aromatic amines is 1. The Bertz CT molecular complexity index is 824. The van der Waals surface area contributed by atoms with E-state index in [9.17, 15) is 13.2 Å². The maximum absolute atomic E-state index is 13.1. The third-order valence-electron chi connectivity index (χ3n) is 3.46. The number of imidazole rings is 1. The fourth-order valence-corrected chi connectivity index (χ4v) is 2.40. The molecule has 1 aromatic heterocycles. The largest absolute Gasteiger partial charge is 0.496 e. The van der Waals surface area contributed by atoms with Gasteiger partial charge in [0, 0.05) is 5.56 Å². The zero-order chi connectivity index (χ0) is 16.4. The van der Waals surface area contributed by atoms with Crippen LogP contribution in [-0.2, 0) is 6.18 Å². The Balaban J connectivity index is 2.07. The van der Waals surface area contributed by atoms with Gasteiger partial charge in [0.15, 0.2) is 0 Å². The molecule has 6 heteroatoms. The van der Waals surface area contributed by atoms with Crippen LogP contribution in [0.1, 0.15) is 5.56 Å². The topological polar surface area (TPSA) is 37.9 Å². The van der Waals surface area contributed by atoms with E-state index in [1.165, 1.54) is 25.4 Å². The normalized spacial score (nSPS) is 11.5. The summed E-state index contributed by atoms with van der Waals surface area (Å²) in [7, 11) is 1.53. The molecule has 0 aliphatic heterocycles. The number of nitrogens with one attached hydrogen (secondary N) is 1. The van der Waals surface area contributed by atoms with Gasteiger partial charge in [-0.25, -0.2) is 4.98 Å². The van der Waals surface area contributed by atoms with Gasteiger partial charge in [-0.2, -0.15) is 13.2 Å². The molecule has 0 saturated carbocycles. The minimum atomic E-state index is -4.42. The van der Waals surface area contributed by atoms with Crippen LogP contribution in [0.3, 0.4) is 0 Å². The lowest BCUT2D eigenvalue weighted by Gasteiger charge is -2.11. The van der Waals surface area contributed by atoms with Gasteiger partial charge < -0.3 is 9.72 Å². The van der Waals surface area contributed by atoms with E-state index < -0.39 is 11.7 Å². The fraction of sp³-hybridized carbons (Fsp3) is 0.118. The van der Waals surface area contributed by atoms with Crippen molar-refractivity contribution in [2.75, 3.05) is 7.11 Å². The molecule has 118 valence electrons. The summed E-state index contributed by atoms with van der Waals surface area (Å²) in [5.74, 6) is 1.05. The molecular formula is C17H13F3N2O. The maximum Gasteiger partial charge on any atom is 0.417 e. The van der Waals surface area contributed by atoms with Crippen LogP contribution in [0.2, 0.25) is 0 Å². The monoisotopic (exact) mass is 318 g/mol. The molecule has 3 aromatic rings. The van der Waals surface area contributed by atoms with Gasteiger partial charge in [-0.15, -0.1) is 0 Å². The van der Waals surface area contributed by atoms with Crippen LogP contribution in [0.4, 0.5) is 13.2 Å². The lowest BCUT2D eigenvalue weighted by molar-refractivity contribution is -0.137. The SMILES string of the molecule is COc1ccccc1-c1ncc(-c2ccccc2C(F)(F)F)[nH]1. The van der Waals surface area contributed by atoms with Gasteiger partial charge in [-0.3, -0.25) is 0 Å². The Morgan fingerprint density at radius 2 is 1.61 bits per heavy atom. The van der Waals surface area contributed by atoms with Crippen molar-refractivity contribution in [2.24, 2.45) is 0 Å². The second-order valence-electron chi connectivity index (χ2n) is 4.89. The van der Waals surface area contributed by atoms with E-state index in [0.29, 0.717) is 22.8 Å². The van der Waals surface area contributed by atoms with E-state index >= 15 is 0 Å². The van der Waals surface area contributed by atoms with E-state index in [-0.39, 0.29) is 5.56 Å². The van der Waals surface area contributed by atoms with Gasteiger partial charge >= 0.3 is 6.18 Å². The molecule has 0 unspecified atom stereocenters. The average Bonchev–Trinajstić information content (AvgIpc) is 3.03. The number of nitrogens with zero attached hydrogens (tertiary/aromatic N) is 1. The van der Waals surface area contributed by atoms with Crippen molar-refractivity contribution in [2.45, 2.75) is 6.18 Å². The highest BCUT2D eigenvalue weighted by Crippen LogP contribution is 2.37. The molecule has 0 spiro atoms. The molecule has 2 aromatic carbocycles. The number of hydrogen-bond donors (Lipinski definition) is 1. The highest BCUT2D eigenvalue weighted by Gasteiger charge is 2.33. The Kier molecular flexibility index (Phi) is 3.82. The van der Waals surface area contributed by atoms with Gasteiger partial charge in [0.2, 0.25) is 0 Å². The second-order valence-corrected chi connectivity index (χ2v) is 4.89. The molecule has 0 fully saturated rings. The number of methoxy groups -OCH3 is 1. The number of para-hydroxylation sites is 1. The van der Waals surface area contributed by atoms with Crippen molar-refractivity contribution >= 4 is 0 Å². The number of ether oxygens (including phenoxy) is 1. The highest BCUT2D eigenvalue weighted by atomic mass is 19.4. The molecule has 0 aliphatic rings. The van der Waals surface area contributed by atoms with Gasteiger partial charge in [0.25, 0.3) is 0 Å². The highest BCUT2D eigenvalue weighted by molar-refractivity contribution is 5.70. The molecule has 0 atom stereocenters. The smallest absolute Gasteiger partial charge is 0.417 e. The van der Waals surface area contributed by atoms with Crippen LogP contribution < -0.4 is 4.74 Å². The van der Waals surface area contributed by atoms with Crippen molar-refractivity contribution < 1.29 is 17.9 Å². The molecule has 3 nitrogen and oxygen atoms in total. The molecule has 1 heterocycles. The summed E-state index contributed by atoms with van der Waals surface area (Å²) in [6.07, 6.45) is -3.03. The first-order chi connectivity index (χ1) is 11.0. The van der Waals surface area contributed by atoms with E-state index in [1.54, 1.807) is 18.2 Å². The molecule has 0 aliphatic carbocycles. The van der Waals surface area contributed by atoms with E-state index in [0.717, 1.165) is 6.07 Å². The Morgan fingerprint density at radius 3 is 2.30 bits per heavy atom.